The predicted octanol–water partition coefficient (Wildman–Crippen LogP) is 1.70. The van der Waals surface area contributed by atoms with Gasteiger partial charge < -0.3 is 15.2 Å². The number of aliphatic hydroxyl groups is 1. The van der Waals surface area contributed by atoms with Crippen LogP contribution in [0.1, 0.15) is 46.5 Å². The standard InChI is InChI=1S/C12H25NO2/c1-4-15-11(2,3)9-13-10-12(14)7-5-6-8-12/h13-14H,4-10H2,1-3H3. The first-order valence-electron chi connectivity index (χ1n) is 6.04. The molecule has 1 fully saturated rings. The van der Waals surface area contributed by atoms with E-state index in [0.717, 1.165) is 38.8 Å². The smallest absolute Gasteiger partial charge is 0.0771 e. The SMILES string of the molecule is CCOC(C)(C)CNCC1(O)CCCC1. The Kier molecular flexibility index (Phi) is 4.56. The average molecular weight is 215 g/mol. The van der Waals surface area contributed by atoms with E-state index in [1.165, 1.54) is 0 Å². The van der Waals surface area contributed by atoms with Crippen molar-refractivity contribution in [3.63, 3.8) is 0 Å². The van der Waals surface area contributed by atoms with Crippen LogP contribution in [0.3, 0.4) is 0 Å². The van der Waals surface area contributed by atoms with Gasteiger partial charge in [-0.05, 0) is 33.6 Å². The van der Waals surface area contributed by atoms with Gasteiger partial charge in [0.1, 0.15) is 0 Å². The van der Waals surface area contributed by atoms with Gasteiger partial charge in [0.05, 0.1) is 11.2 Å². The highest BCUT2D eigenvalue weighted by atomic mass is 16.5. The highest BCUT2D eigenvalue weighted by molar-refractivity contribution is 4.87. The molecule has 0 aromatic rings. The molecule has 0 spiro atoms. The molecule has 3 heteroatoms. The van der Waals surface area contributed by atoms with Gasteiger partial charge in [0.2, 0.25) is 0 Å². The summed E-state index contributed by atoms with van der Waals surface area (Å²) >= 11 is 0. The fraction of sp³-hybridized carbons (Fsp3) is 1.00. The summed E-state index contributed by atoms with van der Waals surface area (Å²) in [5.74, 6) is 0. The van der Waals surface area contributed by atoms with Gasteiger partial charge in [0.25, 0.3) is 0 Å². The molecular formula is C12H25NO2. The molecule has 0 bridgehead atoms. The molecule has 0 amide bonds. The minimum atomic E-state index is -0.456. The Labute approximate surface area is 93.2 Å². The summed E-state index contributed by atoms with van der Waals surface area (Å²) in [6, 6.07) is 0. The molecule has 2 N–H and O–H groups in total. The van der Waals surface area contributed by atoms with Crippen LogP contribution in [0.5, 0.6) is 0 Å². The van der Waals surface area contributed by atoms with Gasteiger partial charge in [-0.2, -0.15) is 0 Å². The van der Waals surface area contributed by atoms with Crippen molar-refractivity contribution in [1.82, 2.24) is 5.32 Å². The van der Waals surface area contributed by atoms with Crippen LogP contribution < -0.4 is 5.32 Å². The summed E-state index contributed by atoms with van der Waals surface area (Å²) in [5, 5.41) is 13.4. The van der Waals surface area contributed by atoms with Crippen molar-refractivity contribution in [3.05, 3.63) is 0 Å². The van der Waals surface area contributed by atoms with Gasteiger partial charge in [-0.25, -0.2) is 0 Å². The first-order chi connectivity index (χ1) is 6.97. The Bertz CT molecular complexity index is 186. The third-order valence-electron chi connectivity index (χ3n) is 3.07. The summed E-state index contributed by atoms with van der Waals surface area (Å²) in [6.07, 6.45) is 4.20. The van der Waals surface area contributed by atoms with Crippen LogP contribution in [0, 0.1) is 0 Å². The molecule has 0 unspecified atom stereocenters. The van der Waals surface area contributed by atoms with Crippen LogP contribution in [0.25, 0.3) is 0 Å². The maximum Gasteiger partial charge on any atom is 0.0771 e. The van der Waals surface area contributed by atoms with Crippen LogP contribution in [0.15, 0.2) is 0 Å². The molecule has 1 aliphatic rings. The first kappa shape index (κ1) is 12.9. The van der Waals surface area contributed by atoms with Crippen LogP contribution in [0.2, 0.25) is 0 Å². The molecule has 0 radical (unpaired) electrons. The predicted molar refractivity (Wildman–Crippen MR) is 62.0 cm³/mol. The topological polar surface area (TPSA) is 41.5 Å². The molecule has 1 aliphatic carbocycles. The maximum atomic E-state index is 10.1. The molecule has 1 saturated carbocycles. The van der Waals surface area contributed by atoms with Gasteiger partial charge in [-0.3, -0.25) is 0 Å². The molecule has 15 heavy (non-hydrogen) atoms. The van der Waals surface area contributed by atoms with Crippen LogP contribution in [0.4, 0.5) is 0 Å². The molecule has 0 heterocycles. The lowest BCUT2D eigenvalue weighted by Gasteiger charge is -2.28. The van der Waals surface area contributed by atoms with Gasteiger partial charge in [-0.15, -0.1) is 0 Å². The molecule has 1 rings (SSSR count). The highest BCUT2D eigenvalue weighted by Gasteiger charge is 2.31. The second kappa shape index (κ2) is 5.28. The van der Waals surface area contributed by atoms with E-state index in [1.807, 2.05) is 6.92 Å². The normalized spacial score (nSPS) is 20.8. The first-order valence-corrected chi connectivity index (χ1v) is 6.04. The lowest BCUT2D eigenvalue weighted by Crippen LogP contribution is -2.44. The third kappa shape index (κ3) is 4.49. The van der Waals surface area contributed by atoms with E-state index in [1.54, 1.807) is 0 Å². The van der Waals surface area contributed by atoms with E-state index in [2.05, 4.69) is 19.2 Å². The number of nitrogens with one attached hydrogen (secondary N) is 1. The molecular weight excluding hydrogens is 190 g/mol. The van der Waals surface area contributed by atoms with E-state index in [0.29, 0.717) is 6.54 Å². The van der Waals surface area contributed by atoms with E-state index >= 15 is 0 Å². The lowest BCUT2D eigenvalue weighted by molar-refractivity contribution is -0.0159. The molecule has 0 aromatic carbocycles. The van der Waals surface area contributed by atoms with Crippen molar-refractivity contribution in [2.24, 2.45) is 0 Å². The van der Waals surface area contributed by atoms with E-state index in [-0.39, 0.29) is 5.60 Å². The van der Waals surface area contributed by atoms with E-state index < -0.39 is 5.60 Å². The summed E-state index contributed by atoms with van der Waals surface area (Å²) in [6.45, 7) is 8.38. The Morgan fingerprint density at radius 1 is 1.33 bits per heavy atom. The fourth-order valence-corrected chi connectivity index (χ4v) is 2.25. The van der Waals surface area contributed by atoms with Gasteiger partial charge in [-0.1, -0.05) is 12.8 Å². The number of hydrogen-bond acceptors (Lipinski definition) is 3. The molecule has 90 valence electrons. The molecule has 3 nitrogen and oxygen atoms in total. The van der Waals surface area contributed by atoms with E-state index in [9.17, 15) is 5.11 Å². The summed E-state index contributed by atoms with van der Waals surface area (Å²) < 4.78 is 5.58. The average Bonchev–Trinajstić information content (AvgIpc) is 2.51. The minimum absolute atomic E-state index is 0.135. The maximum absolute atomic E-state index is 10.1. The number of hydrogen-bond donors (Lipinski definition) is 2. The Morgan fingerprint density at radius 3 is 2.47 bits per heavy atom. The monoisotopic (exact) mass is 215 g/mol. The van der Waals surface area contributed by atoms with Crippen molar-refractivity contribution < 1.29 is 9.84 Å². The van der Waals surface area contributed by atoms with Crippen LogP contribution in [-0.4, -0.2) is 36.0 Å². The zero-order chi connectivity index (χ0) is 11.4. The van der Waals surface area contributed by atoms with Crippen molar-refractivity contribution in [2.75, 3.05) is 19.7 Å². The zero-order valence-electron chi connectivity index (χ0n) is 10.3. The van der Waals surface area contributed by atoms with Crippen molar-refractivity contribution >= 4 is 0 Å². The van der Waals surface area contributed by atoms with Crippen LogP contribution in [-0.2, 0) is 4.74 Å². The summed E-state index contributed by atoms with van der Waals surface area (Å²) in [5.41, 5.74) is -0.591. The molecule has 0 aliphatic heterocycles. The molecule has 0 saturated heterocycles. The summed E-state index contributed by atoms with van der Waals surface area (Å²) in [7, 11) is 0. The van der Waals surface area contributed by atoms with Gasteiger partial charge in [0.15, 0.2) is 0 Å². The third-order valence-corrected chi connectivity index (χ3v) is 3.07. The van der Waals surface area contributed by atoms with Crippen molar-refractivity contribution in [1.29, 1.82) is 0 Å². The second-order valence-electron chi connectivity index (χ2n) is 5.23. The Hall–Kier alpha value is -0.120. The zero-order valence-corrected chi connectivity index (χ0v) is 10.3. The lowest BCUT2D eigenvalue weighted by atomic mass is 10.0. The number of ether oxygens (including phenoxy) is 1. The quantitative estimate of drug-likeness (QED) is 0.708. The minimum Gasteiger partial charge on any atom is -0.389 e. The van der Waals surface area contributed by atoms with Gasteiger partial charge >= 0.3 is 0 Å². The largest absolute Gasteiger partial charge is 0.389 e. The fourth-order valence-electron chi connectivity index (χ4n) is 2.25. The highest BCUT2D eigenvalue weighted by Crippen LogP contribution is 2.28. The van der Waals surface area contributed by atoms with Crippen molar-refractivity contribution in [2.45, 2.75) is 57.7 Å². The van der Waals surface area contributed by atoms with Gasteiger partial charge in [0, 0.05) is 19.7 Å². The summed E-state index contributed by atoms with van der Waals surface area (Å²) in [4.78, 5) is 0. The Morgan fingerprint density at radius 2 is 1.93 bits per heavy atom. The Balaban J connectivity index is 2.20. The molecule has 0 atom stereocenters. The van der Waals surface area contributed by atoms with E-state index in [4.69, 9.17) is 4.74 Å². The molecule has 0 aromatic heterocycles. The number of rotatable bonds is 6. The van der Waals surface area contributed by atoms with Crippen LogP contribution >= 0.6 is 0 Å². The second-order valence-corrected chi connectivity index (χ2v) is 5.23. The van der Waals surface area contributed by atoms with Crippen molar-refractivity contribution in [3.8, 4) is 0 Å².